The molecule has 0 fully saturated rings. The molecule has 156 valence electrons. The van der Waals surface area contributed by atoms with E-state index < -0.39 is 12.2 Å². The molecule has 1 amide bonds. The summed E-state index contributed by atoms with van der Waals surface area (Å²) in [7, 11) is 1.68. The number of ether oxygens (including phenoxy) is 3. The number of benzene rings is 2. The first-order chi connectivity index (χ1) is 13.7. The highest BCUT2D eigenvalue weighted by Gasteiger charge is 2.31. The van der Waals surface area contributed by atoms with Crippen LogP contribution in [-0.4, -0.2) is 37.6 Å². The molecule has 0 saturated heterocycles. The number of halogens is 4. The van der Waals surface area contributed by atoms with Crippen LogP contribution in [-0.2, 0) is 22.7 Å². The third kappa shape index (κ3) is 6.06. The lowest BCUT2D eigenvalue weighted by Gasteiger charge is -2.23. The van der Waals surface area contributed by atoms with Crippen molar-refractivity contribution in [2.45, 2.75) is 19.5 Å². The van der Waals surface area contributed by atoms with Gasteiger partial charge >= 0.3 is 6.36 Å². The first-order valence-electron chi connectivity index (χ1n) is 8.55. The average Bonchev–Trinajstić information content (AvgIpc) is 2.62. The van der Waals surface area contributed by atoms with E-state index in [1.54, 1.807) is 11.9 Å². The quantitative estimate of drug-likeness (QED) is 0.732. The lowest BCUT2D eigenvalue weighted by Crippen LogP contribution is -2.30. The standard InChI is InChI=1S/C19H18F4N2O4/c1-25(8-12-6-14(20)7-13-10-27-11-28-18(12)13)9-17(26)24-15-2-4-16(5-3-15)29-19(21,22)23/h2-7H,8-11H2,1H3,(H,24,26). The number of fused-ring (bicyclic) bond motifs is 1. The smallest absolute Gasteiger partial charge is 0.467 e. The summed E-state index contributed by atoms with van der Waals surface area (Å²) in [5.74, 6) is -0.643. The molecule has 0 saturated carbocycles. The van der Waals surface area contributed by atoms with Crippen molar-refractivity contribution in [2.24, 2.45) is 0 Å². The molecule has 2 aromatic rings. The molecule has 0 unspecified atom stereocenters. The van der Waals surface area contributed by atoms with Gasteiger partial charge in [-0.1, -0.05) is 0 Å². The minimum atomic E-state index is -4.78. The summed E-state index contributed by atoms with van der Waals surface area (Å²) in [6, 6.07) is 7.50. The van der Waals surface area contributed by atoms with Gasteiger partial charge in [0.2, 0.25) is 5.91 Å². The van der Waals surface area contributed by atoms with Crippen molar-refractivity contribution in [3.63, 3.8) is 0 Å². The maximum absolute atomic E-state index is 13.8. The van der Waals surface area contributed by atoms with Crippen LogP contribution in [0.1, 0.15) is 11.1 Å². The predicted octanol–water partition coefficient (Wildman–Crippen LogP) is 3.66. The zero-order valence-corrected chi connectivity index (χ0v) is 15.4. The topological polar surface area (TPSA) is 60.0 Å². The molecule has 29 heavy (non-hydrogen) atoms. The zero-order valence-electron chi connectivity index (χ0n) is 15.4. The molecule has 0 atom stereocenters. The molecule has 2 aromatic carbocycles. The number of nitrogens with zero attached hydrogens (tertiary/aromatic N) is 1. The van der Waals surface area contributed by atoms with Gasteiger partial charge in [0.25, 0.3) is 0 Å². The van der Waals surface area contributed by atoms with E-state index in [1.807, 2.05) is 0 Å². The second-order valence-corrected chi connectivity index (χ2v) is 6.46. The van der Waals surface area contributed by atoms with E-state index in [2.05, 4.69) is 10.1 Å². The van der Waals surface area contributed by atoms with Crippen LogP contribution >= 0.6 is 0 Å². The summed E-state index contributed by atoms with van der Waals surface area (Å²) in [5.41, 5.74) is 1.51. The fraction of sp³-hybridized carbons (Fsp3) is 0.316. The summed E-state index contributed by atoms with van der Waals surface area (Å²) in [4.78, 5) is 13.9. The summed E-state index contributed by atoms with van der Waals surface area (Å²) in [5, 5.41) is 2.58. The summed E-state index contributed by atoms with van der Waals surface area (Å²) >= 11 is 0. The Balaban J connectivity index is 1.57. The van der Waals surface area contributed by atoms with Crippen molar-refractivity contribution in [3.05, 3.63) is 53.3 Å². The van der Waals surface area contributed by atoms with Gasteiger partial charge in [0.05, 0.1) is 13.2 Å². The highest BCUT2D eigenvalue weighted by Crippen LogP contribution is 2.30. The molecule has 1 N–H and O–H groups in total. The number of hydrogen-bond donors (Lipinski definition) is 1. The normalized spacial score (nSPS) is 13.6. The van der Waals surface area contributed by atoms with Crippen molar-refractivity contribution in [1.29, 1.82) is 0 Å². The number of likely N-dealkylation sites (N-methyl/N-ethyl adjacent to an activating group) is 1. The van der Waals surface area contributed by atoms with Gasteiger partial charge in [-0.2, -0.15) is 0 Å². The Morgan fingerprint density at radius 2 is 1.97 bits per heavy atom. The molecule has 1 heterocycles. The van der Waals surface area contributed by atoms with Gasteiger partial charge < -0.3 is 19.5 Å². The Morgan fingerprint density at radius 3 is 2.66 bits per heavy atom. The van der Waals surface area contributed by atoms with E-state index in [9.17, 15) is 22.4 Å². The minimum absolute atomic E-state index is 0.0252. The van der Waals surface area contributed by atoms with E-state index in [0.717, 1.165) is 12.1 Å². The molecule has 10 heteroatoms. The minimum Gasteiger partial charge on any atom is -0.467 e. The highest BCUT2D eigenvalue weighted by atomic mass is 19.4. The largest absolute Gasteiger partial charge is 0.573 e. The lowest BCUT2D eigenvalue weighted by molar-refractivity contribution is -0.274. The van der Waals surface area contributed by atoms with Crippen LogP contribution in [0, 0.1) is 5.82 Å². The second-order valence-electron chi connectivity index (χ2n) is 6.46. The highest BCUT2D eigenvalue weighted by molar-refractivity contribution is 5.92. The fourth-order valence-electron chi connectivity index (χ4n) is 2.91. The van der Waals surface area contributed by atoms with Gasteiger partial charge in [0, 0.05) is 23.4 Å². The maximum Gasteiger partial charge on any atom is 0.573 e. The molecule has 3 rings (SSSR count). The first kappa shape index (κ1) is 20.9. The number of amides is 1. The van der Waals surface area contributed by atoms with Crippen molar-refractivity contribution in [3.8, 4) is 11.5 Å². The van der Waals surface area contributed by atoms with Gasteiger partial charge in [-0.15, -0.1) is 13.2 Å². The van der Waals surface area contributed by atoms with E-state index >= 15 is 0 Å². The summed E-state index contributed by atoms with van der Waals surface area (Å²) in [6.07, 6.45) is -4.78. The van der Waals surface area contributed by atoms with Crippen LogP contribution in [0.3, 0.4) is 0 Å². The molecule has 0 spiro atoms. The third-order valence-electron chi connectivity index (χ3n) is 3.98. The number of carbonyl (C=O) groups excluding carboxylic acids is 1. The molecule has 0 radical (unpaired) electrons. The second kappa shape index (κ2) is 8.66. The average molecular weight is 414 g/mol. The molecular weight excluding hydrogens is 396 g/mol. The molecule has 1 aliphatic rings. The van der Waals surface area contributed by atoms with E-state index in [0.29, 0.717) is 22.6 Å². The van der Waals surface area contributed by atoms with Crippen molar-refractivity contribution in [2.75, 3.05) is 25.7 Å². The zero-order chi connectivity index (χ0) is 21.0. The summed E-state index contributed by atoms with van der Waals surface area (Å²) in [6.45, 7) is 0.552. The monoisotopic (exact) mass is 414 g/mol. The van der Waals surface area contributed by atoms with Gasteiger partial charge in [0.15, 0.2) is 6.79 Å². The van der Waals surface area contributed by atoms with Crippen molar-refractivity contribution in [1.82, 2.24) is 4.90 Å². The molecule has 1 aliphatic heterocycles. The number of hydrogen-bond acceptors (Lipinski definition) is 5. The SMILES string of the molecule is CN(CC(=O)Nc1ccc(OC(F)(F)F)cc1)Cc1cc(F)cc2c1OCOC2. The first-order valence-corrected chi connectivity index (χ1v) is 8.55. The number of anilines is 1. The fourth-order valence-corrected chi connectivity index (χ4v) is 2.91. The Morgan fingerprint density at radius 1 is 1.24 bits per heavy atom. The van der Waals surface area contributed by atoms with Crippen LogP contribution in [0.25, 0.3) is 0 Å². The number of alkyl halides is 3. The van der Waals surface area contributed by atoms with Crippen LogP contribution in [0.2, 0.25) is 0 Å². The van der Waals surface area contributed by atoms with E-state index in [1.165, 1.54) is 24.3 Å². The molecular formula is C19H18F4N2O4. The van der Waals surface area contributed by atoms with Gasteiger partial charge in [-0.05, 0) is 43.4 Å². The van der Waals surface area contributed by atoms with Crippen LogP contribution in [0.15, 0.2) is 36.4 Å². The summed E-state index contributed by atoms with van der Waals surface area (Å²) < 4.78 is 64.7. The van der Waals surface area contributed by atoms with Crippen molar-refractivity contribution < 1.29 is 36.6 Å². The third-order valence-corrected chi connectivity index (χ3v) is 3.98. The predicted molar refractivity (Wildman–Crippen MR) is 94.8 cm³/mol. The molecule has 0 aliphatic carbocycles. The van der Waals surface area contributed by atoms with Crippen LogP contribution < -0.4 is 14.8 Å². The van der Waals surface area contributed by atoms with Gasteiger partial charge in [-0.3, -0.25) is 9.69 Å². The maximum atomic E-state index is 13.8. The number of rotatable bonds is 6. The van der Waals surface area contributed by atoms with Gasteiger partial charge in [0.1, 0.15) is 17.3 Å². The van der Waals surface area contributed by atoms with Crippen LogP contribution in [0.5, 0.6) is 11.5 Å². The van der Waals surface area contributed by atoms with Crippen LogP contribution in [0.4, 0.5) is 23.2 Å². The van der Waals surface area contributed by atoms with E-state index in [-0.39, 0.29) is 38.1 Å². The number of carbonyl (C=O) groups is 1. The Kier molecular flexibility index (Phi) is 6.23. The van der Waals surface area contributed by atoms with E-state index in [4.69, 9.17) is 9.47 Å². The number of nitrogens with one attached hydrogen (secondary N) is 1. The Bertz CT molecular complexity index is 872. The van der Waals surface area contributed by atoms with Crippen molar-refractivity contribution >= 4 is 11.6 Å². The lowest BCUT2D eigenvalue weighted by atomic mass is 10.1. The Labute approximate surface area is 164 Å². The Hall–Kier alpha value is -2.85. The molecule has 6 nitrogen and oxygen atoms in total. The molecule has 0 bridgehead atoms. The van der Waals surface area contributed by atoms with Gasteiger partial charge in [-0.25, -0.2) is 4.39 Å². The molecule has 0 aromatic heterocycles.